The maximum atomic E-state index is 12.4. The Balaban J connectivity index is 1.76. The summed E-state index contributed by atoms with van der Waals surface area (Å²) >= 11 is 0. The highest BCUT2D eigenvalue weighted by Gasteiger charge is 2.22. The van der Waals surface area contributed by atoms with Crippen molar-refractivity contribution < 1.29 is 4.79 Å². The van der Waals surface area contributed by atoms with Crippen molar-refractivity contribution in [1.82, 2.24) is 15.3 Å². The number of fused-ring (bicyclic) bond motifs is 1. The summed E-state index contributed by atoms with van der Waals surface area (Å²) in [5, 5.41) is 3.08. The zero-order chi connectivity index (χ0) is 14.7. The number of carbonyl (C=O) groups is 1. The van der Waals surface area contributed by atoms with Gasteiger partial charge in [0.05, 0.1) is 11.0 Å². The van der Waals surface area contributed by atoms with Gasteiger partial charge in [0.2, 0.25) is 0 Å². The van der Waals surface area contributed by atoms with Crippen LogP contribution >= 0.6 is 0 Å². The van der Waals surface area contributed by atoms with E-state index >= 15 is 0 Å². The molecule has 1 aromatic carbocycles. The van der Waals surface area contributed by atoms with Gasteiger partial charge >= 0.3 is 0 Å². The fraction of sp³-hybridized carbons (Fsp3) is 0.438. The summed E-state index contributed by atoms with van der Waals surface area (Å²) in [5.41, 5.74) is 8.29. The Morgan fingerprint density at radius 2 is 1.86 bits per heavy atom. The number of nitrogens with two attached hydrogens (primary N) is 1. The van der Waals surface area contributed by atoms with E-state index in [9.17, 15) is 4.79 Å². The maximum absolute atomic E-state index is 12.4. The summed E-state index contributed by atoms with van der Waals surface area (Å²) in [4.78, 5) is 20.8. The van der Waals surface area contributed by atoms with Gasteiger partial charge in [0, 0.05) is 30.0 Å². The Morgan fingerprint density at radius 1 is 1.10 bits per heavy atom. The van der Waals surface area contributed by atoms with Gasteiger partial charge in [-0.2, -0.15) is 0 Å². The van der Waals surface area contributed by atoms with Gasteiger partial charge in [0.25, 0.3) is 5.91 Å². The summed E-state index contributed by atoms with van der Waals surface area (Å²) in [6.07, 6.45) is 8.69. The first-order valence-corrected chi connectivity index (χ1v) is 7.51. The number of hydrogen-bond donors (Lipinski definition) is 2. The van der Waals surface area contributed by atoms with Crippen LogP contribution in [0.25, 0.3) is 11.0 Å². The van der Waals surface area contributed by atoms with Crippen molar-refractivity contribution in [3.63, 3.8) is 0 Å². The molecule has 1 saturated carbocycles. The largest absolute Gasteiger partial charge is 0.348 e. The van der Waals surface area contributed by atoms with E-state index in [1.807, 2.05) is 6.07 Å². The summed E-state index contributed by atoms with van der Waals surface area (Å²) < 4.78 is 0. The molecule has 0 radical (unpaired) electrons. The average Bonchev–Trinajstić information content (AvgIpc) is 2.72. The lowest BCUT2D eigenvalue weighted by molar-refractivity contribution is 0.0929. The minimum atomic E-state index is -0.0788. The summed E-state index contributed by atoms with van der Waals surface area (Å²) in [6, 6.07) is 5.51. The van der Waals surface area contributed by atoms with Crippen LogP contribution in [-0.4, -0.2) is 28.0 Å². The van der Waals surface area contributed by atoms with E-state index in [1.165, 1.54) is 6.42 Å². The number of benzene rings is 1. The second-order valence-corrected chi connectivity index (χ2v) is 5.64. The molecule has 1 amide bonds. The standard InChI is InChI=1S/C16H20N4O/c17-12-4-2-1-3-5-13(12)20-16(21)11-6-7-14-15(10-11)19-9-8-18-14/h6-10,12-13H,1-5,17H2,(H,20,21). The van der Waals surface area contributed by atoms with Crippen molar-refractivity contribution in [3.05, 3.63) is 36.2 Å². The van der Waals surface area contributed by atoms with E-state index in [4.69, 9.17) is 5.73 Å². The van der Waals surface area contributed by atoms with Gasteiger partial charge < -0.3 is 11.1 Å². The quantitative estimate of drug-likeness (QED) is 0.827. The summed E-state index contributed by atoms with van der Waals surface area (Å²) in [7, 11) is 0. The molecule has 5 nitrogen and oxygen atoms in total. The molecule has 1 aromatic heterocycles. The second kappa shape index (κ2) is 6.18. The number of amides is 1. The molecule has 0 bridgehead atoms. The molecule has 1 aliphatic rings. The van der Waals surface area contributed by atoms with Crippen molar-refractivity contribution >= 4 is 16.9 Å². The molecule has 5 heteroatoms. The topological polar surface area (TPSA) is 80.9 Å². The first-order valence-electron chi connectivity index (χ1n) is 7.51. The van der Waals surface area contributed by atoms with Gasteiger partial charge in [-0.3, -0.25) is 14.8 Å². The van der Waals surface area contributed by atoms with Gasteiger partial charge in [0.15, 0.2) is 0 Å². The van der Waals surface area contributed by atoms with E-state index in [2.05, 4.69) is 15.3 Å². The normalized spacial score (nSPS) is 22.7. The van der Waals surface area contributed by atoms with E-state index < -0.39 is 0 Å². The Bertz CT molecular complexity index is 643. The molecular formula is C16H20N4O. The Morgan fingerprint density at radius 3 is 2.71 bits per heavy atom. The number of carbonyl (C=O) groups excluding carboxylic acids is 1. The lowest BCUT2D eigenvalue weighted by atomic mass is 10.0. The molecule has 0 spiro atoms. The Hall–Kier alpha value is -2.01. The van der Waals surface area contributed by atoms with Crippen LogP contribution in [0.3, 0.4) is 0 Å². The van der Waals surface area contributed by atoms with Crippen LogP contribution in [0.15, 0.2) is 30.6 Å². The van der Waals surface area contributed by atoms with Crippen molar-refractivity contribution in [2.75, 3.05) is 0 Å². The van der Waals surface area contributed by atoms with Gasteiger partial charge in [-0.25, -0.2) is 0 Å². The summed E-state index contributed by atoms with van der Waals surface area (Å²) in [6.45, 7) is 0. The van der Waals surface area contributed by atoms with Crippen molar-refractivity contribution in [2.45, 2.75) is 44.2 Å². The van der Waals surface area contributed by atoms with Gasteiger partial charge in [-0.1, -0.05) is 19.3 Å². The van der Waals surface area contributed by atoms with Crippen molar-refractivity contribution in [2.24, 2.45) is 5.73 Å². The Labute approximate surface area is 124 Å². The van der Waals surface area contributed by atoms with Crippen LogP contribution in [0.2, 0.25) is 0 Å². The predicted octanol–water partition coefficient (Wildman–Crippen LogP) is 2.02. The van der Waals surface area contributed by atoms with Crippen LogP contribution in [0.1, 0.15) is 42.5 Å². The van der Waals surface area contributed by atoms with Crippen molar-refractivity contribution in [1.29, 1.82) is 0 Å². The van der Waals surface area contributed by atoms with Crippen LogP contribution in [0.5, 0.6) is 0 Å². The number of rotatable bonds is 2. The zero-order valence-electron chi connectivity index (χ0n) is 12.0. The molecule has 2 atom stereocenters. The smallest absolute Gasteiger partial charge is 0.251 e. The average molecular weight is 284 g/mol. The lowest BCUT2D eigenvalue weighted by Crippen LogP contribution is -2.46. The second-order valence-electron chi connectivity index (χ2n) is 5.64. The molecule has 2 unspecified atom stereocenters. The molecule has 0 aliphatic heterocycles. The molecule has 3 N–H and O–H groups in total. The van der Waals surface area contributed by atoms with Crippen LogP contribution < -0.4 is 11.1 Å². The first-order chi connectivity index (χ1) is 10.2. The highest BCUT2D eigenvalue weighted by Crippen LogP contribution is 2.18. The monoisotopic (exact) mass is 284 g/mol. The van der Waals surface area contributed by atoms with E-state index in [1.54, 1.807) is 24.5 Å². The number of nitrogens with one attached hydrogen (secondary N) is 1. The number of hydrogen-bond acceptors (Lipinski definition) is 4. The van der Waals surface area contributed by atoms with Crippen LogP contribution in [0, 0.1) is 0 Å². The fourth-order valence-electron chi connectivity index (χ4n) is 2.87. The third-order valence-corrected chi connectivity index (χ3v) is 4.12. The van der Waals surface area contributed by atoms with Gasteiger partial charge in [-0.05, 0) is 31.0 Å². The zero-order valence-corrected chi connectivity index (χ0v) is 12.0. The number of nitrogens with zero attached hydrogens (tertiary/aromatic N) is 2. The lowest BCUT2D eigenvalue weighted by Gasteiger charge is -2.22. The van der Waals surface area contributed by atoms with Gasteiger partial charge in [-0.15, -0.1) is 0 Å². The maximum Gasteiger partial charge on any atom is 0.251 e. The molecule has 110 valence electrons. The van der Waals surface area contributed by atoms with Crippen molar-refractivity contribution in [3.8, 4) is 0 Å². The minimum absolute atomic E-state index is 0.0525. The highest BCUT2D eigenvalue weighted by molar-refractivity contribution is 5.97. The molecule has 1 fully saturated rings. The molecular weight excluding hydrogens is 264 g/mol. The molecule has 0 saturated heterocycles. The van der Waals surface area contributed by atoms with E-state index in [0.717, 1.165) is 36.7 Å². The van der Waals surface area contributed by atoms with Crippen LogP contribution in [-0.2, 0) is 0 Å². The SMILES string of the molecule is NC1CCCCCC1NC(=O)c1ccc2nccnc2c1. The Kier molecular flexibility index (Phi) is 4.10. The first kappa shape index (κ1) is 13.9. The third kappa shape index (κ3) is 3.19. The number of aromatic nitrogens is 2. The van der Waals surface area contributed by atoms with E-state index in [-0.39, 0.29) is 18.0 Å². The molecule has 1 heterocycles. The molecule has 3 rings (SSSR count). The van der Waals surface area contributed by atoms with Gasteiger partial charge in [0.1, 0.15) is 0 Å². The van der Waals surface area contributed by atoms with E-state index in [0.29, 0.717) is 5.56 Å². The minimum Gasteiger partial charge on any atom is -0.348 e. The highest BCUT2D eigenvalue weighted by atomic mass is 16.1. The third-order valence-electron chi connectivity index (χ3n) is 4.12. The molecule has 21 heavy (non-hydrogen) atoms. The molecule has 2 aromatic rings. The molecule has 1 aliphatic carbocycles. The van der Waals surface area contributed by atoms with Crippen LogP contribution in [0.4, 0.5) is 0 Å². The summed E-state index contributed by atoms with van der Waals surface area (Å²) in [5.74, 6) is -0.0788. The predicted molar refractivity (Wildman–Crippen MR) is 81.9 cm³/mol. The fourth-order valence-corrected chi connectivity index (χ4v) is 2.87.